The molecule has 1 amide bonds. The molecule has 0 aromatic heterocycles. The SMILES string of the molecule is COc1cc(/C=C2\SC(=S)N(CN3CCCC3)C2=O)cc(OC)c1OC. The molecule has 2 fully saturated rings. The molecule has 0 spiro atoms. The van der Waals surface area contributed by atoms with Gasteiger partial charge in [0.25, 0.3) is 5.91 Å². The lowest BCUT2D eigenvalue weighted by atomic mass is 10.1. The Balaban J connectivity index is 1.85. The molecule has 3 rings (SSSR count). The molecule has 26 heavy (non-hydrogen) atoms. The van der Waals surface area contributed by atoms with Gasteiger partial charge < -0.3 is 14.2 Å². The topological polar surface area (TPSA) is 51.2 Å². The van der Waals surface area contributed by atoms with Crippen LogP contribution in [0.2, 0.25) is 0 Å². The third-order valence-electron chi connectivity index (χ3n) is 4.40. The Morgan fingerprint density at radius 1 is 1.12 bits per heavy atom. The van der Waals surface area contributed by atoms with Crippen LogP contribution in [0.25, 0.3) is 6.08 Å². The summed E-state index contributed by atoms with van der Waals surface area (Å²) in [5, 5.41) is 0. The highest BCUT2D eigenvalue weighted by Gasteiger charge is 2.33. The summed E-state index contributed by atoms with van der Waals surface area (Å²) in [6.45, 7) is 2.60. The predicted octanol–water partition coefficient (Wildman–Crippen LogP) is 2.97. The third kappa shape index (κ3) is 3.82. The number of benzene rings is 1. The fraction of sp³-hybridized carbons (Fsp3) is 0.444. The van der Waals surface area contributed by atoms with Crippen molar-refractivity contribution in [1.29, 1.82) is 0 Å². The first-order valence-electron chi connectivity index (χ1n) is 8.35. The molecule has 2 aliphatic heterocycles. The lowest BCUT2D eigenvalue weighted by Gasteiger charge is -2.22. The minimum atomic E-state index is -0.0550. The predicted molar refractivity (Wildman–Crippen MR) is 107 cm³/mol. The molecule has 0 unspecified atom stereocenters. The molecule has 0 N–H and O–H groups in total. The van der Waals surface area contributed by atoms with Gasteiger partial charge in [0.15, 0.2) is 11.5 Å². The monoisotopic (exact) mass is 394 g/mol. The number of carbonyl (C=O) groups is 1. The molecule has 0 atom stereocenters. The molecular formula is C18H22N2O4S2. The Hall–Kier alpha value is -1.77. The summed E-state index contributed by atoms with van der Waals surface area (Å²) in [7, 11) is 4.69. The summed E-state index contributed by atoms with van der Waals surface area (Å²) in [6.07, 6.45) is 4.17. The van der Waals surface area contributed by atoms with Crippen LogP contribution in [0.5, 0.6) is 17.2 Å². The summed E-state index contributed by atoms with van der Waals surface area (Å²) in [4.78, 5) is 17.3. The van der Waals surface area contributed by atoms with Crippen LogP contribution >= 0.6 is 24.0 Å². The molecule has 0 saturated carbocycles. The summed E-state index contributed by atoms with van der Waals surface area (Å²) >= 11 is 6.74. The van der Waals surface area contributed by atoms with Gasteiger partial charge in [0.1, 0.15) is 4.32 Å². The van der Waals surface area contributed by atoms with Crippen molar-refractivity contribution in [1.82, 2.24) is 9.80 Å². The van der Waals surface area contributed by atoms with Gasteiger partial charge in [-0.05, 0) is 49.7 Å². The van der Waals surface area contributed by atoms with E-state index in [0.29, 0.717) is 33.1 Å². The van der Waals surface area contributed by atoms with E-state index in [2.05, 4.69) is 4.90 Å². The largest absolute Gasteiger partial charge is 0.493 e. The van der Waals surface area contributed by atoms with Crippen molar-refractivity contribution in [3.8, 4) is 17.2 Å². The molecule has 2 saturated heterocycles. The van der Waals surface area contributed by atoms with E-state index >= 15 is 0 Å². The first-order chi connectivity index (χ1) is 12.6. The van der Waals surface area contributed by atoms with Crippen LogP contribution in [0.3, 0.4) is 0 Å². The van der Waals surface area contributed by atoms with Crippen LogP contribution in [0.1, 0.15) is 18.4 Å². The summed E-state index contributed by atoms with van der Waals surface area (Å²) in [5.74, 6) is 1.56. The van der Waals surface area contributed by atoms with Crippen molar-refractivity contribution in [3.05, 3.63) is 22.6 Å². The average molecular weight is 395 g/mol. The Kier molecular flexibility index (Phi) is 6.05. The number of hydrogen-bond acceptors (Lipinski definition) is 7. The maximum atomic E-state index is 12.8. The molecule has 1 aromatic rings. The fourth-order valence-electron chi connectivity index (χ4n) is 3.08. The quantitative estimate of drug-likeness (QED) is 0.543. The number of thiocarbonyl (C=S) groups is 1. The second-order valence-electron chi connectivity index (χ2n) is 6.03. The van der Waals surface area contributed by atoms with E-state index in [9.17, 15) is 4.79 Å². The molecule has 1 aromatic carbocycles. The van der Waals surface area contributed by atoms with Gasteiger partial charge in [-0.1, -0.05) is 24.0 Å². The number of likely N-dealkylation sites (tertiary alicyclic amines) is 1. The third-order valence-corrected chi connectivity index (χ3v) is 5.78. The van der Waals surface area contributed by atoms with Crippen molar-refractivity contribution in [2.75, 3.05) is 41.1 Å². The highest BCUT2D eigenvalue weighted by atomic mass is 32.2. The summed E-state index contributed by atoms with van der Waals surface area (Å²) < 4.78 is 16.7. The second kappa shape index (κ2) is 8.28. The normalized spacial score (nSPS) is 19.5. The molecule has 2 aliphatic rings. The molecule has 8 heteroatoms. The number of thioether (sulfide) groups is 1. The number of amides is 1. The van der Waals surface area contributed by atoms with Crippen molar-refractivity contribution < 1.29 is 19.0 Å². The number of nitrogens with zero attached hydrogens (tertiary/aromatic N) is 2. The van der Waals surface area contributed by atoms with Crippen LogP contribution in [0.4, 0.5) is 0 Å². The second-order valence-corrected chi connectivity index (χ2v) is 7.71. The molecule has 0 bridgehead atoms. The van der Waals surface area contributed by atoms with Gasteiger partial charge in [0.05, 0.1) is 32.9 Å². The minimum absolute atomic E-state index is 0.0550. The highest BCUT2D eigenvalue weighted by Crippen LogP contribution is 2.40. The van der Waals surface area contributed by atoms with Crippen LogP contribution in [0, 0.1) is 0 Å². The zero-order valence-corrected chi connectivity index (χ0v) is 16.7. The van der Waals surface area contributed by atoms with E-state index in [4.69, 9.17) is 26.4 Å². The van der Waals surface area contributed by atoms with Gasteiger partial charge in [0.2, 0.25) is 5.75 Å². The van der Waals surface area contributed by atoms with Gasteiger partial charge in [-0.15, -0.1) is 0 Å². The zero-order chi connectivity index (χ0) is 18.7. The van der Waals surface area contributed by atoms with Crippen LogP contribution in [0.15, 0.2) is 17.0 Å². The van der Waals surface area contributed by atoms with E-state index < -0.39 is 0 Å². The number of carbonyl (C=O) groups excluding carboxylic acids is 1. The summed E-state index contributed by atoms with van der Waals surface area (Å²) in [6, 6.07) is 3.63. The van der Waals surface area contributed by atoms with E-state index in [-0.39, 0.29) is 5.91 Å². The van der Waals surface area contributed by atoms with Crippen LogP contribution in [-0.2, 0) is 4.79 Å². The number of ether oxygens (including phenoxy) is 3. The molecule has 0 radical (unpaired) electrons. The van der Waals surface area contributed by atoms with Gasteiger partial charge in [-0.2, -0.15) is 0 Å². The molecular weight excluding hydrogens is 372 g/mol. The highest BCUT2D eigenvalue weighted by molar-refractivity contribution is 8.26. The lowest BCUT2D eigenvalue weighted by molar-refractivity contribution is -0.123. The number of hydrogen-bond donors (Lipinski definition) is 0. The Morgan fingerprint density at radius 2 is 1.73 bits per heavy atom. The first kappa shape index (κ1) is 19.0. The van der Waals surface area contributed by atoms with Gasteiger partial charge in [0, 0.05) is 0 Å². The molecule has 2 heterocycles. The molecule has 6 nitrogen and oxygen atoms in total. The van der Waals surface area contributed by atoms with Crippen molar-refractivity contribution in [2.45, 2.75) is 12.8 Å². The maximum absolute atomic E-state index is 12.8. The van der Waals surface area contributed by atoms with Gasteiger partial charge in [-0.25, -0.2) is 0 Å². The van der Waals surface area contributed by atoms with Crippen molar-refractivity contribution >= 4 is 40.3 Å². The average Bonchev–Trinajstić information content (AvgIpc) is 3.25. The van der Waals surface area contributed by atoms with E-state index in [1.165, 1.54) is 24.6 Å². The van der Waals surface area contributed by atoms with Gasteiger partial charge in [-0.3, -0.25) is 14.6 Å². The molecule has 0 aliphatic carbocycles. The lowest BCUT2D eigenvalue weighted by Crippen LogP contribution is -2.38. The number of rotatable bonds is 6. The van der Waals surface area contributed by atoms with E-state index in [0.717, 1.165) is 18.7 Å². The first-order valence-corrected chi connectivity index (χ1v) is 9.57. The van der Waals surface area contributed by atoms with Crippen LogP contribution < -0.4 is 14.2 Å². The Labute approximate surface area is 163 Å². The maximum Gasteiger partial charge on any atom is 0.267 e. The standard InChI is InChI=1S/C18H22N2O4S2/c1-22-13-8-12(9-14(23-2)16(13)24-3)10-15-17(21)20(18(25)26-15)11-19-6-4-5-7-19/h8-10H,4-7,11H2,1-3H3/b15-10-. The van der Waals surface area contributed by atoms with Gasteiger partial charge >= 0.3 is 0 Å². The smallest absolute Gasteiger partial charge is 0.267 e. The molecule has 140 valence electrons. The van der Waals surface area contributed by atoms with E-state index in [1.54, 1.807) is 26.2 Å². The van der Waals surface area contributed by atoms with Crippen LogP contribution in [-0.4, -0.2) is 61.1 Å². The Bertz CT molecular complexity index is 720. The summed E-state index contributed by atoms with van der Waals surface area (Å²) in [5.41, 5.74) is 0.793. The van der Waals surface area contributed by atoms with E-state index in [1.807, 2.05) is 18.2 Å². The zero-order valence-electron chi connectivity index (χ0n) is 15.1. The Morgan fingerprint density at radius 3 is 2.27 bits per heavy atom. The van der Waals surface area contributed by atoms with Crippen molar-refractivity contribution in [2.24, 2.45) is 0 Å². The minimum Gasteiger partial charge on any atom is -0.493 e. The fourth-order valence-corrected chi connectivity index (χ4v) is 4.32. The number of methoxy groups -OCH3 is 3. The van der Waals surface area contributed by atoms with Crippen molar-refractivity contribution in [3.63, 3.8) is 0 Å².